The lowest BCUT2D eigenvalue weighted by atomic mass is 9.89. The van der Waals surface area contributed by atoms with Crippen molar-refractivity contribution in [1.82, 2.24) is 4.90 Å². The molecule has 2 fully saturated rings. The van der Waals surface area contributed by atoms with Gasteiger partial charge in [-0.05, 0) is 41.8 Å². The van der Waals surface area contributed by atoms with Gasteiger partial charge in [0.25, 0.3) is 0 Å². The molecule has 4 atom stereocenters. The fraction of sp³-hybridized carbons (Fsp3) is 0.321. The molecule has 0 spiro atoms. The molecule has 188 valence electrons. The van der Waals surface area contributed by atoms with Crippen LogP contribution in [0.5, 0.6) is 5.75 Å². The molecule has 0 bridgehead atoms. The van der Waals surface area contributed by atoms with Gasteiger partial charge in [0.1, 0.15) is 18.5 Å². The third-order valence-electron chi connectivity index (χ3n) is 6.93. The fourth-order valence-corrected chi connectivity index (χ4v) is 4.85. The highest BCUT2D eigenvalue weighted by Crippen LogP contribution is 2.51. The number of rotatable bonds is 7. The highest BCUT2D eigenvalue weighted by Gasteiger charge is 2.62. The number of benzene rings is 3. The summed E-state index contributed by atoms with van der Waals surface area (Å²) in [6.07, 6.45) is -5.61. The molecule has 1 unspecified atom stereocenters. The van der Waals surface area contributed by atoms with E-state index in [1.54, 1.807) is 13.0 Å². The minimum atomic E-state index is -4.56. The topological polar surface area (TPSA) is 51.3 Å². The van der Waals surface area contributed by atoms with E-state index in [4.69, 9.17) is 14.2 Å². The Labute approximate surface area is 207 Å². The van der Waals surface area contributed by atoms with Gasteiger partial charge in [0, 0.05) is 5.92 Å². The largest absolute Gasteiger partial charge is 0.489 e. The Balaban J connectivity index is 1.43. The highest BCUT2D eigenvalue weighted by molar-refractivity contribution is 5.72. The monoisotopic (exact) mass is 497 g/mol. The van der Waals surface area contributed by atoms with Crippen molar-refractivity contribution in [2.24, 2.45) is 0 Å². The van der Waals surface area contributed by atoms with Crippen molar-refractivity contribution in [3.05, 3.63) is 101 Å². The molecule has 0 aliphatic carbocycles. The summed E-state index contributed by atoms with van der Waals surface area (Å²) >= 11 is 0. The van der Waals surface area contributed by atoms with Crippen LogP contribution in [-0.4, -0.2) is 29.4 Å². The molecule has 2 aliphatic heterocycles. The van der Waals surface area contributed by atoms with Crippen LogP contribution in [0.2, 0.25) is 0 Å². The summed E-state index contributed by atoms with van der Waals surface area (Å²) in [7, 11) is 0. The summed E-state index contributed by atoms with van der Waals surface area (Å²) in [6.45, 7) is 3.95. The number of nitrogens with zero attached hydrogens (tertiary/aromatic N) is 1. The van der Waals surface area contributed by atoms with E-state index in [2.05, 4.69) is 0 Å². The lowest BCUT2D eigenvalue weighted by Crippen LogP contribution is -2.47. The SMILES string of the molecule is C[C@@H]1[C@H](c2ccccc2)OC(=O)N1C1([C@@H](C)c2cc(OCc3ccccc3)cc(C(F)(F)F)c2)CO1. The van der Waals surface area contributed by atoms with Crippen molar-refractivity contribution in [3.8, 4) is 5.75 Å². The van der Waals surface area contributed by atoms with Crippen LogP contribution in [0, 0.1) is 0 Å². The van der Waals surface area contributed by atoms with Gasteiger partial charge >= 0.3 is 12.3 Å². The normalized spacial score (nSPS) is 24.4. The third kappa shape index (κ3) is 4.53. The van der Waals surface area contributed by atoms with Gasteiger partial charge in [-0.3, -0.25) is 4.90 Å². The molecule has 0 N–H and O–H groups in total. The van der Waals surface area contributed by atoms with Gasteiger partial charge in [0.05, 0.1) is 18.2 Å². The molecule has 0 radical (unpaired) electrons. The lowest BCUT2D eigenvalue weighted by molar-refractivity contribution is -0.137. The van der Waals surface area contributed by atoms with Crippen LogP contribution in [0.25, 0.3) is 0 Å². The van der Waals surface area contributed by atoms with Crippen molar-refractivity contribution in [3.63, 3.8) is 0 Å². The van der Waals surface area contributed by atoms with Gasteiger partial charge in [-0.25, -0.2) is 4.79 Å². The number of amides is 1. The summed E-state index contributed by atoms with van der Waals surface area (Å²) in [5.41, 5.74) is 0.145. The Morgan fingerprint density at radius 2 is 1.69 bits per heavy atom. The first-order valence-corrected chi connectivity index (χ1v) is 11.8. The molecular formula is C28H26F3NO4. The predicted molar refractivity (Wildman–Crippen MR) is 126 cm³/mol. The number of cyclic esters (lactones) is 1. The number of carbonyl (C=O) groups is 1. The number of halogens is 3. The van der Waals surface area contributed by atoms with E-state index in [9.17, 15) is 18.0 Å². The molecule has 2 saturated heterocycles. The molecule has 0 saturated carbocycles. The van der Waals surface area contributed by atoms with E-state index in [-0.39, 0.29) is 25.0 Å². The number of hydrogen-bond donors (Lipinski definition) is 0. The maximum absolute atomic E-state index is 13.8. The van der Waals surface area contributed by atoms with E-state index in [1.165, 1.54) is 4.90 Å². The average Bonchev–Trinajstić information content (AvgIpc) is 3.61. The van der Waals surface area contributed by atoms with Crippen molar-refractivity contribution >= 4 is 6.09 Å². The van der Waals surface area contributed by atoms with Crippen LogP contribution in [0.3, 0.4) is 0 Å². The molecule has 2 aliphatic rings. The maximum atomic E-state index is 13.8. The average molecular weight is 498 g/mol. The zero-order valence-electron chi connectivity index (χ0n) is 19.9. The Bertz CT molecular complexity index is 1230. The van der Waals surface area contributed by atoms with Gasteiger partial charge < -0.3 is 14.2 Å². The van der Waals surface area contributed by atoms with Crippen molar-refractivity contribution < 1.29 is 32.2 Å². The second-order valence-electron chi connectivity index (χ2n) is 9.24. The summed E-state index contributed by atoms with van der Waals surface area (Å²) in [5.74, 6) is -0.464. The highest BCUT2D eigenvalue weighted by atomic mass is 19.4. The van der Waals surface area contributed by atoms with Crippen LogP contribution in [0.1, 0.15) is 48.1 Å². The van der Waals surface area contributed by atoms with Crippen molar-refractivity contribution in [1.29, 1.82) is 0 Å². The minimum absolute atomic E-state index is 0.102. The van der Waals surface area contributed by atoms with Gasteiger partial charge in [-0.15, -0.1) is 0 Å². The van der Waals surface area contributed by atoms with E-state index in [1.807, 2.05) is 67.6 Å². The molecule has 8 heteroatoms. The third-order valence-corrected chi connectivity index (χ3v) is 6.93. The fourth-order valence-electron chi connectivity index (χ4n) is 4.85. The van der Waals surface area contributed by atoms with Crippen molar-refractivity contribution in [2.75, 3.05) is 6.61 Å². The lowest BCUT2D eigenvalue weighted by Gasteiger charge is -2.32. The standard InChI is InChI=1S/C28H26F3NO4/c1-18(27(17-35-27)32-19(2)25(36-26(32)33)21-11-7-4-8-12-21)22-13-23(28(29,30)31)15-24(14-22)34-16-20-9-5-3-6-10-20/h3-15,18-19,25H,16-17H2,1-2H3/t18-,19+,25+,27?/m0/s1. The zero-order valence-corrected chi connectivity index (χ0v) is 19.9. The summed E-state index contributed by atoms with van der Waals surface area (Å²) in [6, 6.07) is 21.9. The number of epoxide rings is 1. The smallest absolute Gasteiger partial charge is 0.416 e. The van der Waals surface area contributed by atoms with Crippen LogP contribution in [-0.2, 0) is 22.3 Å². The zero-order chi connectivity index (χ0) is 25.5. The summed E-state index contributed by atoms with van der Waals surface area (Å²) in [5, 5.41) is 0. The summed E-state index contributed by atoms with van der Waals surface area (Å²) in [4.78, 5) is 14.5. The molecule has 1 amide bonds. The van der Waals surface area contributed by atoms with E-state index >= 15 is 0 Å². The maximum Gasteiger partial charge on any atom is 0.416 e. The Morgan fingerprint density at radius 1 is 1.06 bits per heavy atom. The van der Waals surface area contributed by atoms with Crippen LogP contribution >= 0.6 is 0 Å². The Kier molecular flexibility index (Phi) is 6.16. The quantitative estimate of drug-likeness (QED) is 0.341. The van der Waals surface area contributed by atoms with E-state index in [0.29, 0.717) is 5.56 Å². The second-order valence-corrected chi connectivity index (χ2v) is 9.24. The Morgan fingerprint density at radius 3 is 2.31 bits per heavy atom. The van der Waals surface area contributed by atoms with Crippen LogP contribution < -0.4 is 4.74 Å². The molecule has 2 heterocycles. The number of ether oxygens (including phenoxy) is 3. The molecule has 3 aromatic carbocycles. The van der Waals surface area contributed by atoms with Crippen LogP contribution in [0.4, 0.5) is 18.0 Å². The van der Waals surface area contributed by atoms with Gasteiger partial charge in [0.15, 0.2) is 5.72 Å². The minimum Gasteiger partial charge on any atom is -0.489 e. The predicted octanol–water partition coefficient (Wildman–Crippen LogP) is 6.70. The Hall–Kier alpha value is -3.52. The molecular weight excluding hydrogens is 471 g/mol. The first-order valence-electron chi connectivity index (χ1n) is 11.8. The number of carbonyl (C=O) groups excluding carboxylic acids is 1. The van der Waals surface area contributed by atoms with Crippen LogP contribution in [0.15, 0.2) is 78.9 Å². The number of hydrogen-bond acceptors (Lipinski definition) is 4. The second kappa shape index (κ2) is 9.17. The molecule has 5 rings (SSSR count). The first-order chi connectivity index (χ1) is 17.2. The molecule has 0 aromatic heterocycles. The first kappa shape index (κ1) is 24.2. The molecule has 36 heavy (non-hydrogen) atoms. The van der Waals surface area contributed by atoms with Crippen molar-refractivity contribution in [2.45, 2.75) is 50.4 Å². The summed E-state index contributed by atoms with van der Waals surface area (Å²) < 4.78 is 58.6. The van der Waals surface area contributed by atoms with Gasteiger partial charge in [0.2, 0.25) is 0 Å². The van der Waals surface area contributed by atoms with Gasteiger partial charge in [-0.2, -0.15) is 13.2 Å². The van der Waals surface area contributed by atoms with Gasteiger partial charge in [-0.1, -0.05) is 67.6 Å². The van der Waals surface area contributed by atoms with E-state index < -0.39 is 35.6 Å². The molecule has 3 aromatic rings. The van der Waals surface area contributed by atoms with E-state index in [0.717, 1.165) is 23.3 Å². The number of alkyl halides is 3. The molecule has 5 nitrogen and oxygen atoms in total.